The molecule has 1 aromatic rings. The topological polar surface area (TPSA) is 52.9 Å². The maximum Gasteiger partial charge on any atom is 0.277 e. The molecule has 0 radical (unpaired) electrons. The second-order valence-corrected chi connectivity index (χ2v) is 4.07. The van der Waals surface area contributed by atoms with Gasteiger partial charge in [0.15, 0.2) is 17.4 Å². The number of phenols is 1. The van der Waals surface area contributed by atoms with Gasteiger partial charge in [0.25, 0.3) is 5.91 Å². The number of carbonyl (C=O) groups is 1. The molecular weight excluding hydrogens is 254 g/mol. The standard InChI is InChI=1S/C13H12F2N2O2/c1-3-17-7(2)16-11(13(17)19)6-8-4-9(14)12(18)10(15)5-8/h4-6,18H,3H2,1-2H3/b11-6-. The molecule has 19 heavy (non-hydrogen) atoms. The summed E-state index contributed by atoms with van der Waals surface area (Å²) in [6.07, 6.45) is 1.28. The Hall–Kier alpha value is -2.24. The summed E-state index contributed by atoms with van der Waals surface area (Å²) < 4.78 is 26.4. The molecule has 6 heteroatoms. The molecule has 0 aromatic heterocycles. The van der Waals surface area contributed by atoms with Gasteiger partial charge in [0.05, 0.1) is 0 Å². The number of phenolic OH excluding ortho intramolecular Hbond substituents is 1. The molecule has 0 atom stereocenters. The molecule has 1 aliphatic rings. The van der Waals surface area contributed by atoms with Gasteiger partial charge in [0, 0.05) is 6.54 Å². The van der Waals surface area contributed by atoms with Crippen LogP contribution in [-0.2, 0) is 4.79 Å². The monoisotopic (exact) mass is 266 g/mol. The summed E-state index contributed by atoms with van der Waals surface area (Å²) >= 11 is 0. The second kappa shape index (κ2) is 4.79. The Morgan fingerprint density at radius 2 is 1.95 bits per heavy atom. The van der Waals surface area contributed by atoms with E-state index in [-0.39, 0.29) is 17.2 Å². The number of hydrogen-bond donors (Lipinski definition) is 1. The van der Waals surface area contributed by atoms with Gasteiger partial charge in [-0.2, -0.15) is 0 Å². The van der Waals surface area contributed by atoms with Crippen molar-refractivity contribution in [1.82, 2.24) is 4.90 Å². The highest BCUT2D eigenvalue weighted by molar-refractivity contribution is 6.13. The number of aliphatic imine (C=N–C) groups is 1. The third-order valence-electron chi connectivity index (χ3n) is 2.80. The first-order valence-electron chi connectivity index (χ1n) is 5.71. The number of amidine groups is 1. The van der Waals surface area contributed by atoms with Crippen molar-refractivity contribution in [3.8, 4) is 5.75 Å². The summed E-state index contributed by atoms with van der Waals surface area (Å²) in [5.74, 6) is -2.96. The number of halogens is 2. The molecular formula is C13H12F2N2O2. The van der Waals surface area contributed by atoms with Gasteiger partial charge in [0.2, 0.25) is 0 Å². The van der Waals surface area contributed by atoms with Crippen molar-refractivity contribution in [1.29, 1.82) is 0 Å². The number of benzene rings is 1. The Morgan fingerprint density at radius 1 is 1.37 bits per heavy atom. The Morgan fingerprint density at radius 3 is 2.42 bits per heavy atom. The molecule has 0 saturated carbocycles. The molecule has 0 fully saturated rings. The van der Waals surface area contributed by atoms with Crippen LogP contribution in [0.2, 0.25) is 0 Å². The predicted octanol–water partition coefficient (Wildman–Crippen LogP) is 2.29. The highest BCUT2D eigenvalue weighted by Crippen LogP contribution is 2.24. The summed E-state index contributed by atoms with van der Waals surface area (Å²) in [7, 11) is 0. The second-order valence-electron chi connectivity index (χ2n) is 4.07. The van der Waals surface area contributed by atoms with Gasteiger partial charge >= 0.3 is 0 Å². The molecule has 1 aliphatic heterocycles. The summed E-state index contributed by atoms with van der Waals surface area (Å²) in [4.78, 5) is 17.4. The molecule has 0 unspecified atom stereocenters. The maximum absolute atomic E-state index is 13.2. The minimum absolute atomic E-state index is 0.115. The molecule has 1 aromatic carbocycles. The van der Waals surface area contributed by atoms with Gasteiger partial charge < -0.3 is 5.11 Å². The van der Waals surface area contributed by atoms with E-state index >= 15 is 0 Å². The fourth-order valence-corrected chi connectivity index (χ4v) is 1.86. The van der Waals surface area contributed by atoms with E-state index in [1.54, 1.807) is 13.8 Å². The van der Waals surface area contributed by atoms with Gasteiger partial charge in [-0.1, -0.05) is 0 Å². The number of amides is 1. The van der Waals surface area contributed by atoms with Crippen molar-refractivity contribution < 1.29 is 18.7 Å². The number of aromatic hydroxyl groups is 1. The van der Waals surface area contributed by atoms with E-state index in [9.17, 15) is 13.6 Å². The lowest BCUT2D eigenvalue weighted by Gasteiger charge is -2.11. The summed E-state index contributed by atoms with van der Waals surface area (Å²) in [5, 5.41) is 8.99. The highest BCUT2D eigenvalue weighted by Gasteiger charge is 2.25. The first-order chi connectivity index (χ1) is 8.93. The molecule has 0 saturated heterocycles. The van der Waals surface area contributed by atoms with Crippen LogP contribution in [0.1, 0.15) is 19.4 Å². The van der Waals surface area contributed by atoms with E-state index < -0.39 is 17.4 Å². The van der Waals surface area contributed by atoms with E-state index in [2.05, 4.69) is 4.99 Å². The van der Waals surface area contributed by atoms with Crippen LogP contribution in [0.5, 0.6) is 5.75 Å². The van der Waals surface area contributed by atoms with Crippen LogP contribution in [0.15, 0.2) is 22.8 Å². The van der Waals surface area contributed by atoms with Crippen LogP contribution in [0.25, 0.3) is 6.08 Å². The van der Waals surface area contributed by atoms with Gasteiger partial charge in [-0.25, -0.2) is 13.8 Å². The van der Waals surface area contributed by atoms with Gasteiger partial charge in [-0.3, -0.25) is 9.69 Å². The normalized spacial score (nSPS) is 17.3. The van der Waals surface area contributed by atoms with Crippen LogP contribution in [0.4, 0.5) is 8.78 Å². The summed E-state index contributed by atoms with van der Waals surface area (Å²) in [6, 6.07) is 1.89. The zero-order valence-electron chi connectivity index (χ0n) is 10.4. The third kappa shape index (κ3) is 2.33. The molecule has 100 valence electrons. The van der Waals surface area contributed by atoms with Crippen molar-refractivity contribution in [3.63, 3.8) is 0 Å². The van der Waals surface area contributed by atoms with Gasteiger partial charge in [-0.05, 0) is 37.6 Å². The fraction of sp³-hybridized carbons (Fsp3) is 0.231. The minimum atomic E-state index is -1.08. The van der Waals surface area contributed by atoms with Crippen molar-refractivity contribution in [3.05, 3.63) is 35.0 Å². The number of likely N-dealkylation sites (N-methyl/N-ethyl adjacent to an activating group) is 1. The lowest BCUT2D eigenvalue weighted by molar-refractivity contribution is -0.122. The zero-order chi connectivity index (χ0) is 14.2. The minimum Gasteiger partial charge on any atom is -0.503 e. The zero-order valence-corrected chi connectivity index (χ0v) is 10.4. The Kier molecular flexibility index (Phi) is 3.33. The molecule has 2 rings (SSSR count). The highest BCUT2D eigenvalue weighted by atomic mass is 19.1. The molecule has 0 spiro atoms. The Labute approximate surface area is 108 Å². The Balaban J connectivity index is 2.41. The first kappa shape index (κ1) is 13.2. The molecule has 1 N–H and O–H groups in total. The molecule has 0 bridgehead atoms. The molecule has 1 amide bonds. The van der Waals surface area contributed by atoms with E-state index in [4.69, 9.17) is 5.11 Å². The van der Waals surface area contributed by atoms with Gasteiger partial charge in [-0.15, -0.1) is 0 Å². The van der Waals surface area contributed by atoms with Crippen molar-refractivity contribution >= 4 is 17.8 Å². The van der Waals surface area contributed by atoms with Crippen molar-refractivity contribution in [2.75, 3.05) is 6.54 Å². The fourth-order valence-electron chi connectivity index (χ4n) is 1.86. The van der Waals surface area contributed by atoms with E-state index in [0.29, 0.717) is 12.4 Å². The first-order valence-corrected chi connectivity index (χ1v) is 5.71. The van der Waals surface area contributed by atoms with Crippen LogP contribution in [0.3, 0.4) is 0 Å². The average Bonchev–Trinajstić information content (AvgIpc) is 2.61. The van der Waals surface area contributed by atoms with E-state index in [0.717, 1.165) is 12.1 Å². The SMILES string of the molecule is CCN1C(=O)/C(=C/c2cc(F)c(O)c(F)c2)N=C1C. The average molecular weight is 266 g/mol. The smallest absolute Gasteiger partial charge is 0.277 e. The molecule has 4 nitrogen and oxygen atoms in total. The van der Waals surface area contributed by atoms with E-state index in [1.807, 2.05) is 0 Å². The lowest BCUT2D eigenvalue weighted by atomic mass is 10.1. The van der Waals surface area contributed by atoms with Crippen molar-refractivity contribution in [2.45, 2.75) is 13.8 Å². The number of carbonyl (C=O) groups excluding carboxylic acids is 1. The third-order valence-corrected chi connectivity index (χ3v) is 2.80. The number of rotatable bonds is 2. The number of nitrogens with zero attached hydrogens (tertiary/aromatic N) is 2. The number of hydrogen-bond acceptors (Lipinski definition) is 3. The summed E-state index contributed by atoms with van der Waals surface area (Å²) in [6.45, 7) is 3.96. The van der Waals surface area contributed by atoms with Crippen molar-refractivity contribution in [2.24, 2.45) is 4.99 Å². The quantitative estimate of drug-likeness (QED) is 0.835. The maximum atomic E-state index is 13.2. The largest absolute Gasteiger partial charge is 0.503 e. The summed E-state index contributed by atoms with van der Waals surface area (Å²) in [5.41, 5.74) is 0.245. The van der Waals surface area contributed by atoms with Crippen LogP contribution >= 0.6 is 0 Å². The predicted molar refractivity (Wildman–Crippen MR) is 66.5 cm³/mol. The molecule has 0 aliphatic carbocycles. The lowest BCUT2D eigenvalue weighted by Crippen LogP contribution is -2.29. The van der Waals surface area contributed by atoms with Crippen LogP contribution in [0, 0.1) is 11.6 Å². The van der Waals surface area contributed by atoms with E-state index in [1.165, 1.54) is 11.0 Å². The van der Waals surface area contributed by atoms with Crippen LogP contribution in [-0.4, -0.2) is 28.3 Å². The Bertz CT molecular complexity index is 586. The molecule has 1 heterocycles. The van der Waals surface area contributed by atoms with Gasteiger partial charge in [0.1, 0.15) is 11.5 Å². The van der Waals surface area contributed by atoms with Crippen LogP contribution < -0.4 is 0 Å².